The first-order chi connectivity index (χ1) is 9.22. The van der Waals surface area contributed by atoms with Gasteiger partial charge in [-0.3, -0.25) is 4.79 Å². The molecular weight excluding hydrogens is 246 g/mol. The van der Waals surface area contributed by atoms with E-state index >= 15 is 0 Å². The number of nitrogens with two attached hydrogens (primary N) is 1. The number of benzene rings is 1. The summed E-state index contributed by atoms with van der Waals surface area (Å²) >= 11 is 0. The normalized spacial score (nSPS) is 15.7. The fourth-order valence-corrected chi connectivity index (χ4v) is 1.91. The van der Waals surface area contributed by atoms with E-state index in [2.05, 4.69) is 0 Å². The Morgan fingerprint density at radius 3 is 2.84 bits per heavy atom. The van der Waals surface area contributed by atoms with Gasteiger partial charge in [-0.25, -0.2) is 0 Å². The van der Waals surface area contributed by atoms with E-state index in [1.165, 1.54) is 0 Å². The number of methoxy groups -OCH3 is 1. The molecule has 1 aromatic rings. The Morgan fingerprint density at radius 1 is 1.37 bits per heavy atom. The summed E-state index contributed by atoms with van der Waals surface area (Å²) in [4.78, 5) is 12.1. The minimum atomic E-state index is -0.551. The Kier molecular flexibility index (Phi) is 4.76. The van der Waals surface area contributed by atoms with Crippen LogP contribution in [0, 0.1) is 0 Å². The summed E-state index contributed by atoms with van der Waals surface area (Å²) in [6.07, 6.45) is 1.34. The van der Waals surface area contributed by atoms with Gasteiger partial charge in [-0.15, -0.1) is 0 Å². The molecule has 0 bridgehead atoms. The van der Waals surface area contributed by atoms with Gasteiger partial charge in [0.25, 0.3) is 0 Å². The second-order valence-corrected chi connectivity index (χ2v) is 4.46. The first-order valence-electron chi connectivity index (χ1n) is 6.40. The molecule has 5 nitrogen and oxygen atoms in total. The van der Waals surface area contributed by atoms with Gasteiger partial charge < -0.3 is 19.9 Å². The highest BCUT2D eigenvalue weighted by Gasteiger charge is 2.18. The van der Waals surface area contributed by atoms with Gasteiger partial charge in [-0.05, 0) is 24.6 Å². The third kappa shape index (κ3) is 3.45. The van der Waals surface area contributed by atoms with Crippen LogP contribution in [0.3, 0.4) is 0 Å². The van der Waals surface area contributed by atoms with Crippen molar-refractivity contribution in [2.45, 2.75) is 18.9 Å². The summed E-state index contributed by atoms with van der Waals surface area (Å²) < 4.78 is 16.0. The highest BCUT2D eigenvalue weighted by Crippen LogP contribution is 2.30. The number of ketones is 1. The number of hydrogen-bond donors (Lipinski definition) is 1. The first kappa shape index (κ1) is 13.8. The lowest BCUT2D eigenvalue weighted by molar-refractivity contribution is 0.0935. The van der Waals surface area contributed by atoms with E-state index in [0.29, 0.717) is 43.3 Å². The highest BCUT2D eigenvalue weighted by atomic mass is 16.5. The van der Waals surface area contributed by atoms with E-state index in [1.807, 2.05) is 0 Å². The number of ether oxygens (including phenoxy) is 3. The third-order valence-corrected chi connectivity index (χ3v) is 3.00. The summed E-state index contributed by atoms with van der Waals surface area (Å²) in [6.45, 7) is 1.70. The second-order valence-electron chi connectivity index (χ2n) is 4.46. The Labute approximate surface area is 112 Å². The SMILES string of the molecule is COCCC(N)C(=O)c1ccc2c(c1)OCCCO2. The van der Waals surface area contributed by atoms with Crippen molar-refractivity contribution >= 4 is 5.78 Å². The molecule has 0 fully saturated rings. The second kappa shape index (κ2) is 6.54. The van der Waals surface area contributed by atoms with Crippen LogP contribution in [0.4, 0.5) is 0 Å². The third-order valence-electron chi connectivity index (χ3n) is 3.00. The molecule has 0 saturated heterocycles. The van der Waals surface area contributed by atoms with Gasteiger partial charge in [0.05, 0.1) is 19.3 Å². The molecule has 1 aromatic carbocycles. The van der Waals surface area contributed by atoms with Crippen LogP contribution >= 0.6 is 0 Å². The predicted molar refractivity (Wildman–Crippen MR) is 70.8 cm³/mol. The summed E-state index contributed by atoms with van der Waals surface area (Å²) in [5.74, 6) is 1.19. The van der Waals surface area contributed by atoms with Crippen molar-refractivity contribution in [1.29, 1.82) is 0 Å². The van der Waals surface area contributed by atoms with Crippen LogP contribution in [0.25, 0.3) is 0 Å². The zero-order valence-electron chi connectivity index (χ0n) is 11.1. The van der Waals surface area contributed by atoms with Crippen LogP contribution in [-0.4, -0.2) is 38.8 Å². The number of carbonyl (C=O) groups excluding carboxylic acids is 1. The molecular formula is C14H19NO4. The van der Waals surface area contributed by atoms with Gasteiger partial charge in [-0.1, -0.05) is 0 Å². The Morgan fingerprint density at radius 2 is 2.11 bits per heavy atom. The van der Waals surface area contributed by atoms with Crippen molar-refractivity contribution in [3.8, 4) is 11.5 Å². The maximum Gasteiger partial charge on any atom is 0.179 e. The van der Waals surface area contributed by atoms with Crippen molar-refractivity contribution in [1.82, 2.24) is 0 Å². The smallest absolute Gasteiger partial charge is 0.179 e. The number of Topliss-reactive ketones (excluding diaryl/α,β-unsaturated/α-hetero) is 1. The molecule has 2 rings (SSSR count). The van der Waals surface area contributed by atoms with E-state index in [-0.39, 0.29) is 5.78 Å². The molecule has 1 atom stereocenters. The van der Waals surface area contributed by atoms with Crippen LogP contribution in [0.1, 0.15) is 23.2 Å². The van der Waals surface area contributed by atoms with Crippen molar-refractivity contribution < 1.29 is 19.0 Å². The zero-order valence-corrected chi connectivity index (χ0v) is 11.1. The van der Waals surface area contributed by atoms with E-state index < -0.39 is 6.04 Å². The standard InChI is InChI=1S/C14H19NO4/c1-17-8-5-11(15)14(16)10-3-4-12-13(9-10)19-7-2-6-18-12/h3-4,9,11H,2,5-8,15H2,1H3. The van der Waals surface area contributed by atoms with Gasteiger partial charge in [-0.2, -0.15) is 0 Å². The molecule has 0 spiro atoms. The Balaban J connectivity index is 2.12. The Bertz CT molecular complexity index is 447. The van der Waals surface area contributed by atoms with Crippen LogP contribution in [0.5, 0.6) is 11.5 Å². The largest absolute Gasteiger partial charge is 0.490 e. The molecule has 1 heterocycles. The summed E-state index contributed by atoms with van der Waals surface area (Å²) in [6, 6.07) is 4.64. The van der Waals surface area contributed by atoms with Crippen LogP contribution in [0.15, 0.2) is 18.2 Å². The molecule has 0 aliphatic carbocycles. The van der Waals surface area contributed by atoms with Crippen molar-refractivity contribution in [3.05, 3.63) is 23.8 Å². The van der Waals surface area contributed by atoms with Crippen molar-refractivity contribution in [3.63, 3.8) is 0 Å². The van der Waals surface area contributed by atoms with Crippen molar-refractivity contribution in [2.75, 3.05) is 26.9 Å². The lowest BCUT2D eigenvalue weighted by Crippen LogP contribution is -2.31. The number of hydrogen-bond acceptors (Lipinski definition) is 5. The number of rotatable bonds is 5. The quantitative estimate of drug-likeness (QED) is 0.815. The van der Waals surface area contributed by atoms with Gasteiger partial charge >= 0.3 is 0 Å². The lowest BCUT2D eigenvalue weighted by Gasteiger charge is -2.12. The van der Waals surface area contributed by atoms with Crippen LogP contribution < -0.4 is 15.2 Å². The fraction of sp³-hybridized carbons (Fsp3) is 0.500. The van der Waals surface area contributed by atoms with E-state index in [4.69, 9.17) is 19.9 Å². The molecule has 5 heteroatoms. The molecule has 0 amide bonds. The monoisotopic (exact) mass is 265 g/mol. The molecule has 1 unspecified atom stereocenters. The Hall–Kier alpha value is -1.59. The summed E-state index contributed by atoms with van der Waals surface area (Å²) in [5, 5.41) is 0. The summed E-state index contributed by atoms with van der Waals surface area (Å²) in [7, 11) is 1.59. The summed E-state index contributed by atoms with van der Waals surface area (Å²) in [5.41, 5.74) is 6.39. The van der Waals surface area contributed by atoms with Gasteiger partial charge in [0.15, 0.2) is 17.3 Å². The molecule has 0 radical (unpaired) electrons. The van der Waals surface area contributed by atoms with Gasteiger partial charge in [0.1, 0.15) is 0 Å². The molecule has 19 heavy (non-hydrogen) atoms. The predicted octanol–water partition coefficient (Wildman–Crippen LogP) is 1.39. The van der Waals surface area contributed by atoms with Gasteiger partial charge in [0.2, 0.25) is 0 Å². The fourth-order valence-electron chi connectivity index (χ4n) is 1.91. The van der Waals surface area contributed by atoms with E-state index in [9.17, 15) is 4.79 Å². The van der Waals surface area contributed by atoms with E-state index in [1.54, 1.807) is 25.3 Å². The van der Waals surface area contributed by atoms with Crippen LogP contribution in [-0.2, 0) is 4.74 Å². The zero-order chi connectivity index (χ0) is 13.7. The average Bonchev–Trinajstić information content (AvgIpc) is 2.68. The first-order valence-corrected chi connectivity index (χ1v) is 6.40. The molecule has 1 aliphatic heterocycles. The molecule has 0 saturated carbocycles. The van der Waals surface area contributed by atoms with Gasteiger partial charge in [0, 0.05) is 25.7 Å². The minimum Gasteiger partial charge on any atom is -0.490 e. The van der Waals surface area contributed by atoms with Crippen LogP contribution in [0.2, 0.25) is 0 Å². The molecule has 1 aliphatic rings. The molecule has 104 valence electrons. The number of fused-ring (bicyclic) bond motifs is 1. The number of carbonyl (C=O) groups is 1. The minimum absolute atomic E-state index is 0.104. The lowest BCUT2D eigenvalue weighted by atomic mass is 10.0. The highest BCUT2D eigenvalue weighted by molar-refractivity contribution is 6.00. The molecule has 2 N–H and O–H groups in total. The average molecular weight is 265 g/mol. The van der Waals surface area contributed by atoms with E-state index in [0.717, 1.165) is 6.42 Å². The van der Waals surface area contributed by atoms with Crippen molar-refractivity contribution in [2.24, 2.45) is 5.73 Å². The topological polar surface area (TPSA) is 70.8 Å². The molecule has 0 aromatic heterocycles. The maximum atomic E-state index is 12.1. The maximum absolute atomic E-state index is 12.1.